The molecule has 3 aromatic rings. The van der Waals surface area contributed by atoms with E-state index >= 15 is 0 Å². The van der Waals surface area contributed by atoms with Crippen molar-refractivity contribution in [2.75, 3.05) is 51.2 Å². The number of anilines is 1. The van der Waals surface area contributed by atoms with Gasteiger partial charge in [0.2, 0.25) is 0 Å². The van der Waals surface area contributed by atoms with Crippen LogP contribution in [0.25, 0.3) is 10.9 Å². The maximum atomic E-state index is 9.50. The molecule has 0 amide bonds. The molecule has 6 rings (SSSR count). The highest BCUT2D eigenvalue weighted by Crippen LogP contribution is 2.32. The van der Waals surface area contributed by atoms with E-state index in [2.05, 4.69) is 63.5 Å². The second kappa shape index (κ2) is 8.90. The molecule has 0 radical (unpaired) electrons. The van der Waals surface area contributed by atoms with E-state index in [1.54, 1.807) is 6.20 Å². The number of morpholine rings is 1. The molecule has 2 fully saturated rings. The van der Waals surface area contributed by atoms with Crippen LogP contribution in [-0.4, -0.2) is 83.1 Å². The van der Waals surface area contributed by atoms with Gasteiger partial charge in [-0.1, -0.05) is 0 Å². The van der Waals surface area contributed by atoms with Crippen LogP contribution in [-0.2, 0) is 17.7 Å². The number of likely N-dealkylation sites (N-methyl/N-ethyl adjacent to an activating group) is 1. The number of fused-ring (bicyclic) bond motifs is 2. The lowest BCUT2D eigenvalue weighted by atomic mass is 10.0. The molecule has 0 bridgehead atoms. The van der Waals surface area contributed by atoms with E-state index in [1.165, 1.54) is 17.0 Å². The summed E-state index contributed by atoms with van der Waals surface area (Å²) in [6, 6.07) is 10.7. The van der Waals surface area contributed by atoms with Crippen LogP contribution in [0.1, 0.15) is 35.5 Å². The summed E-state index contributed by atoms with van der Waals surface area (Å²) in [5, 5.41) is 15.5. The molecule has 0 spiro atoms. The Morgan fingerprint density at radius 3 is 2.86 bits per heavy atom. The number of nitriles is 1. The molecule has 0 N–H and O–H groups in total. The number of aromatic nitrogens is 3. The van der Waals surface area contributed by atoms with Gasteiger partial charge >= 0.3 is 0 Å². The lowest BCUT2D eigenvalue weighted by Crippen LogP contribution is -2.56. The Hall–Kier alpha value is -2.99. The molecule has 3 aliphatic rings. The van der Waals surface area contributed by atoms with Crippen molar-refractivity contribution in [1.29, 1.82) is 5.26 Å². The van der Waals surface area contributed by atoms with Crippen molar-refractivity contribution in [1.82, 2.24) is 24.6 Å². The fourth-order valence-corrected chi connectivity index (χ4v) is 6.02. The van der Waals surface area contributed by atoms with Gasteiger partial charge in [-0.3, -0.25) is 14.6 Å². The van der Waals surface area contributed by atoms with Crippen LogP contribution in [0, 0.1) is 18.3 Å². The number of benzene rings is 1. The monoisotopic (exact) mass is 471 g/mol. The Morgan fingerprint density at radius 2 is 2.03 bits per heavy atom. The van der Waals surface area contributed by atoms with Gasteiger partial charge in [-0.25, -0.2) is 0 Å². The van der Waals surface area contributed by atoms with Crippen LogP contribution >= 0.6 is 0 Å². The van der Waals surface area contributed by atoms with E-state index in [0.29, 0.717) is 11.6 Å². The Bertz CT molecular complexity index is 1290. The lowest BCUT2D eigenvalue weighted by molar-refractivity contribution is -0.0491. The molecule has 2 saturated heterocycles. The van der Waals surface area contributed by atoms with E-state index in [-0.39, 0.29) is 12.2 Å². The third-order valence-corrected chi connectivity index (χ3v) is 7.80. The fraction of sp³-hybridized carbons (Fsp3) is 0.519. The van der Waals surface area contributed by atoms with E-state index in [9.17, 15) is 5.26 Å². The van der Waals surface area contributed by atoms with E-state index in [0.717, 1.165) is 68.8 Å². The third kappa shape index (κ3) is 4.08. The zero-order chi connectivity index (χ0) is 24.1. The molecule has 0 saturated carbocycles. The van der Waals surface area contributed by atoms with E-state index in [4.69, 9.17) is 9.84 Å². The van der Waals surface area contributed by atoms with Crippen molar-refractivity contribution in [3.63, 3.8) is 0 Å². The summed E-state index contributed by atoms with van der Waals surface area (Å²) in [5.74, 6) is 0. The molecule has 2 atom stereocenters. The lowest BCUT2D eigenvalue weighted by Gasteiger charge is -2.45. The van der Waals surface area contributed by atoms with Gasteiger partial charge in [0.25, 0.3) is 0 Å². The Balaban J connectivity index is 1.13. The number of rotatable bonds is 4. The molecular formula is C27H33N7O. The summed E-state index contributed by atoms with van der Waals surface area (Å²) in [4.78, 5) is 11.8. The highest BCUT2D eigenvalue weighted by atomic mass is 16.5. The Morgan fingerprint density at radius 1 is 1.17 bits per heavy atom. The number of pyridine rings is 1. The second-order valence-electron chi connectivity index (χ2n) is 10.4. The highest BCUT2D eigenvalue weighted by Gasteiger charge is 2.35. The Labute approximate surface area is 206 Å². The van der Waals surface area contributed by atoms with E-state index < -0.39 is 0 Å². The first-order valence-corrected chi connectivity index (χ1v) is 12.7. The standard InChI is InChI=1S/C27H33N7O/c1-18-12-33(26-7-6-20(11-28)27-23(26)5-4-9-29-27)16-22(35-18)15-32-13-21(14-32)34-19(2)24-17-31(3)10-8-25(24)30-34/h4-7,9,18,21-22H,8,10,12-17H2,1-3H3/t18-,22+/m1/s1. The van der Waals surface area contributed by atoms with Crippen molar-refractivity contribution in [3.8, 4) is 6.07 Å². The minimum atomic E-state index is 0.141. The quantitative estimate of drug-likeness (QED) is 0.579. The summed E-state index contributed by atoms with van der Waals surface area (Å²) < 4.78 is 8.65. The predicted molar refractivity (Wildman–Crippen MR) is 135 cm³/mol. The van der Waals surface area contributed by atoms with Crippen LogP contribution in [0.4, 0.5) is 5.69 Å². The summed E-state index contributed by atoms with van der Waals surface area (Å²) in [5.41, 5.74) is 6.60. The zero-order valence-electron chi connectivity index (χ0n) is 20.8. The van der Waals surface area contributed by atoms with Crippen molar-refractivity contribution in [2.24, 2.45) is 0 Å². The molecule has 1 aromatic carbocycles. The minimum Gasteiger partial charge on any atom is -0.370 e. The zero-order valence-corrected chi connectivity index (χ0v) is 20.8. The fourth-order valence-electron chi connectivity index (χ4n) is 6.02. The van der Waals surface area contributed by atoms with Gasteiger partial charge in [-0.15, -0.1) is 0 Å². The van der Waals surface area contributed by atoms with Gasteiger partial charge in [0.15, 0.2) is 0 Å². The van der Waals surface area contributed by atoms with E-state index in [1.807, 2.05) is 12.1 Å². The van der Waals surface area contributed by atoms with Crippen molar-refractivity contribution < 1.29 is 4.74 Å². The molecule has 2 aromatic heterocycles. The van der Waals surface area contributed by atoms with Crippen molar-refractivity contribution in [2.45, 2.75) is 45.1 Å². The normalized spacial score (nSPS) is 23.8. The summed E-state index contributed by atoms with van der Waals surface area (Å²) in [7, 11) is 2.19. The van der Waals surface area contributed by atoms with Crippen LogP contribution < -0.4 is 4.90 Å². The van der Waals surface area contributed by atoms with Gasteiger partial charge in [0.05, 0.1) is 35.0 Å². The molecule has 5 heterocycles. The van der Waals surface area contributed by atoms with Crippen LogP contribution in [0.15, 0.2) is 30.5 Å². The topological polar surface area (TPSA) is 73.5 Å². The first-order chi connectivity index (χ1) is 17.0. The first kappa shape index (κ1) is 22.5. The van der Waals surface area contributed by atoms with Crippen LogP contribution in [0.3, 0.4) is 0 Å². The maximum Gasteiger partial charge on any atom is 0.101 e. The molecule has 0 unspecified atom stereocenters. The average molecular weight is 472 g/mol. The smallest absolute Gasteiger partial charge is 0.101 e. The SMILES string of the molecule is Cc1c2c(nn1C1CN(C[C@H]3CN(c4ccc(C#N)c5ncccc45)C[C@@H](C)O3)C1)CCN(C)C2. The molecule has 182 valence electrons. The highest BCUT2D eigenvalue weighted by molar-refractivity contribution is 5.95. The molecule has 8 heteroatoms. The second-order valence-corrected chi connectivity index (χ2v) is 10.4. The minimum absolute atomic E-state index is 0.141. The molecule has 3 aliphatic heterocycles. The number of hydrogen-bond acceptors (Lipinski definition) is 7. The molecule has 0 aliphatic carbocycles. The molecular weight excluding hydrogens is 438 g/mol. The maximum absolute atomic E-state index is 9.50. The number of ether oxygens (including phenoxy) is 1. The van der Waals surface area contributed by atoms with Gasteiger partial charge in [0, 0.05) is 80.8 Å². The van der Waals surface area contributed by atoms with Crippen molar-refractivity contribution >= 4 is 16.6 Å². The van der Waals surface area contributed by atoms with Gasteiger partial charge in [-0.05, 0) is 45.2 Å². The van der Waals surface area contributed by atoms with Crippen LogP contribution in [0.2, 0.25) is 0 Å². The number of nitrogens with zero attached hydrogens (tertiary/aromatic N) is 7. The predicted octanol–water partition coefficient (Wildman–Crippen LogP) is 2.75. The first-order valence-electron chi connectivity index (χ1n) is 12.7. The number of hydrogen-bond donors (Lipinski definition) is 0. The van der Waals surface area contributed by atoms with Crippen molar-refractivity contribution in [3.05, 3.63) is 53.0 Å². The third-order valence-electron chi connectivity index (χ3n) is 7.80. The summed E-state index contributed by atoms with van der Waals surface area (Å²) in [6.45, 7) is 11.1. The number of likely N-dealkylation sites (tertiary alicyclic amines) is 1. The summed E-state index contributed by atoms with van der Waals surface area (Å²) >= 11 is 0. The van der Waals surface area contributed by atoms with Gasteiger partial charge in [-0.2, -0.15) is 10.4 Å². The largest absolute Gasteiger partial charge is 0.370 e. The summed E-state index contributed by atoms with van der Waals surface area (Å²) in [6.07, 6.45) is 3.10. The Kier molecular flexibility index (Phi) is 5.72. The van der Waals surface area contributed by atoms with Gasteiger partial charge in [0.1, 0.15) is 6.07 Å². The molecule has 35 heavy (non-hydrogen) atoms. The van der Waals surface area contributed by atoms with Gasteiger partial charge < -0.3 is 14.5 Å². The van der Waals surface area contributed by atoms with Crippen LogP contribution in [0.5, 0.6) is 0 Å². The molecule has 8 nitrogen and oxygen atoms in total. The average Bonchev–Trinajstić information content (AvgIpc) is 3.15.